The summed E-state index contributed by atoms with van der Waals surface area (Å²) in [5.41, 5.74) is 4.26. The zero-order valence-corrected chi connectivity index (χ0v) is 18.1. The Kier molecular flexibility index (Phi) is 4.16. The van der Waals surface area contributed by atoms with Crippen molar-refractivity contribution in [1.29, 1.82) is 0 Å². The molecule has 0 radical (unpaired) electrons. The lowest BCUT2D eigenvalue weighted by atomic mass is 10.0. The molecule has 2 bridgehead atoms. The van der Waals surface area contributed by atoms with Crippen LogP contribution >= 0.6 is 0 Å². The number of nitrogens with zero attached hydrogens (tertiary/aromatic N) is 2. The number of hydrogen-bond acceptors (Lipinski definition) is 6. The van der Waals surface area contributed by atoms with Gasteiger partial charge in [0.15, 0.2) is 0 Å². The Morgan fingerprint density at radius 2 is 2.06 bits per heavy atom. The number of benzene rings is 1. The van der Waals surface area contributed by atoms with Crippen LogP contribution in [-0.4, -0.2) is 55.3 Å². The van der Waals surface area contributed by atoms with Gasteiger partial charge >= 0.3 is 0 Å². The van der Waals surface area contributed by atoms with Gasteiger partial charge in [0.2, 0.25) is 0 Å². The van der Waals surface area contributed by atoms with Crippen LogP contribution in [0.2, 0.25) is 0 Å². The summed E-state index contributed by atoms with van der Waals surface area (Å²) in [6, 6.07) is 9.80. The van der Waals surface area contributed by atoms with Crippen molar-refractivity contribution in [2.45, 2.75) is 49.7 Å². The summed E-state index contributed by atoms with van der Waals surface area (Å²) in [7, 11) is 0. The number of piperazine rings is 1. The Labute approximate surface area is 187 Å². The minimum absolute atomic E-state index is 0.0290. The number of amides is 1. The number of rotatable bonds is 3. The summed E-state index contributed by atoms with van der Waals surface area (Å²) < 4.78 is 6.11. The van der Waals surface area contributed by atoms with Crippen LogP contribution in [0.25, 0.3) is 0 Å². The van der Waals surface area contributed by atoms with Crippen LogP contribution in [0.3, 0.4) is 0 Å². The molecule has 2 saturated heterocycles. The van der Waals surface area contributed by atoms with Crippen LogP contribution in [0.4, 0.5) is 11.5 Å². The molecule has 166 valence electrons. The smallest absolute Gasteiger partial charge is 0.253 e. The maximum atomic E-state index is 12.9. The van der Waals surface area contributed by atoms with Gasteiger partial charge in [0.25, 0.3) is 5.91 Å². The molecule has 1 amide bonds. The van der Waals surface area contributed by atoms with E-state index >= 15 is 0 Å². The highest BCUT2D eigenvalue weighted by Crippen LogP contribution is 2.52. The molecule has 3 N–H and O–H groups in total. The van der Waals surface area contributed by atoms with Crippen molar-refractivity contribution < 1.29 is 9.53 Å². The van der Waals surface area contributed by atoms with E-state index in [4.69, 9.17) is 4.74 Å². The second-order valence-corrected chi connectivity index (χ2v) is 10.2. The fourth-order valence-corrected chi connectivity index (χ4v) is 6.05. The molecule has 1 aromatic carbocycles. The third kappa shape index (κ3) is 3.22. The van der Waals surface area contributed by atoms with Gasteiger partial charge in [-0.2, -0.15) is 0 Å². The van der Waals surface area contributed by atoms with Crippen molar-refractivity contribution in [3.8, 4) is 5.75 Å². The normalized spacial score (nSPS) is 31.5. The van der Waals surface area contributed by atoms with Crippen molar-refractivity contribution >= 4 is 17.4 Å². The van der Waals surface area contributed by atoms with E-state index < -0.39 is 0 Å². The third-order valence-electron chi connectivity index (χ3n) is 7.91. The van der Waals surface area contributed by atoms with Gasteiger partial charge in [-0.05, 0) is 60.8 Å². The first-order valence-electron chi connectivity index (χ1n) is 12.0. The summed E-state index contributed by atoms with van der Waals surface area (Å²) in [4.78, 5) is 19.9. The molecular weight excluding hydrogens is 402 g/mol. The number of pyridine rings is 1. The molecule has 5 heterocycles. The van der Waals surface area contributed by atoms with E-state index in [9.17, 15) is 4.79 Å². The topological polar surface area (TPSA) is 78.5 Å². The largest absolute Gasteiger partial charge is 0.491 e. The van der Waals surface area contributed by atoms with Crippen molar-refractivity contribution in [2.24, 2.45) is 5.92 Å². The van der Waals surface area contributed by atoms with Gasteiger partial charge in [-0.25, -0.2) is 4.98 Å². The molecule has 0 spiro atoms. The predicted octanol–water partition coefficient (Wildman–Crippen LogP) is 2.28. The first-order valence-corrected chi connectivity index (χ1v) is 12.0. The van der Waals surface area contributed by atoms with Crippen molar-refractivity contribution in [3.05, 3.63) is 47.2 Å². The van der Waals surface area contributed by atoms with Gasteiger partial charge in [-0.15, -0.1) is 0 Å². The first-order chi connectivity index (χ1) is 15.7. The van der Waals surface area contributed by atoms with Gasteiger partial charge in [0.05, 0.1) is 11.6 Å². The monoisotopic (exact) mass is 431 g/mol. The van der Waals surface area contributed by atoms with E-state index in [1.165, 1.54) is 30.5 Å². The Balaban J connectivity index is 1.03. The molecule has 5 aliphatic rings. The lowest BCUT2D eigenvalue weighted by Gasteiger charge is -2.35. The summed E-state index contributed by atoms with van der Waals surface area (Å²) in [6.07, 6.45) is 6.24. The average Bonchev–Trinajstić information content (AvgIpc) is 3.55. The SMILES string of the molecule is O=C(N[C@H]1COc2cc(N3CC4CCC(C3)N4)ccc2C1)c1cnc2c(c1)[C@H]1C[C@H]1CN2. The van der Waals surface area contributed by atoms with Gasteiger partial charge in [-0.1, -0.05) is 6.07 Å². The molecule has 32 heavy (non-hydrogen) atoms. The number of hydrogen-bond donors (Lipinski definition) is 3. The van der Waals surface area contributed by atoms with E-state index in [0.717, 1.165) is 43.2 Å². The molecule has 1 aromatic heterocycles. The van der Waals surface area contributed by atoms with Crippen LogP contribution in [0.5, 0.6) is 5.75 Å². The van der Waals surface area contributed by atoms with E-state index in [1.807, 2.05) is 6.07 Å². The number of nitrogens with one attached hydrogen (secondary N) is 3. The van der Waals surface area contributed by atoms with E-state index in [0.29, 0.717) is 36.1 Å². The summed E-state index contributed by atoms with van der Waals surface area (Å²) in [6.45, 7) is 3.64. The van der Waals surface area contributed by atoms with Crippen LogP contribution in [0.15, 0.2) is 30.5 Å². The van der Waals surface area contributed by atoms with Crippen molar-refractivity contribution in [3.63, 3.8) is 0 Å². The van der Waals surface area contributed by atoms with Crippen LogP contribution in [0.1, 0.15) is 46.7 Å². The number of anilines is 2. The van der Waals surface area contributed by atoms with E-state index in [1.54, 1.807) is 6.20 Å². The van der Waals surface area contributed by atoms with Crippen LogP contribution in [0, 0.1) is 5.92 Å². The third-order valence-corrected chi connectivity index (χ3v) is 7.91. The number of carbonyl (C=O) groups excluding carboxylic acids is 1. The number of carbonyl (C=O) groups is 1. The molecule has 7 heteroatoms. The van der Waals surface area contributed by atoms with Gasteiger partial charge in [0, 0.05) is 49.7 Å². The minimum Gasteiger partial charge on any atom is -0.491 e. The number of ether oxygens (including phenoxy) is 1. The second kappa shape index (κ2) is 7.10. The molecule has 4 aliphatic heterocycles. The summed E-state index contributed by atoms with van der Waals surface area (Å²) in [5.74, 6) is 3.14. The molecule has 7 nitrogen and oxygen atoms in total. The highest BCUT2D eigenvalue weighted by atomic mass is 16.5. The molecule has 5 atom stereocenters. The molecule has 3 fully saturated rings. The van der Waals surface area contributed by atoms with Gasteiger partial charge in [-0.3, -0.25) is 4.79 Å². The Bertz CT molecular complexity index is 1080. The quantitative estimate of drug-likeness (QED) is 0.692. The molecule has 1 saturated carbocycles. The number of fused-ring (bicyclic) bond motifs is 6. The number of aromatic nitrogens is 1. The maximum Gasteiger partial charge on any atom is 0.253 e. The van der Waals surface area contributed by atoms with E-state index in [2.05, 4.69) is 44.0 Å². The maximum absolute atomic E-state index is 12.9. The Morgan fingerprint density at radius 3 is 2.94 bits per heavy atom. The minimum atomic E-state index is -0.0620. The zero-order valence-electron chi connectivity index (χ0n) is 18.1. The molecular formula is C25H29N5O2. The lowest BCUT2D eigenvalue weighted by molar-refractivity contribution is 0.0915. The fourth-order valence-electron chi connectivity index (χ4n) is 6.05. The standard InChI is InChI=1S/C25H29N5O2/c31-25(16-7-22-21-6-15(21)9-26-24(22)27-10-16)29-19-5-14-1-4-20(8-23(14)32-13-19)30-11-17-2-3-18(12-30)28-17/h1,4,7-8,10,15,17-19,21,28H,2-3,5-6,9,11-13H2,(H,26,27)(H,29,31)/t15-,17?,18?,19+,21-/m0/s1. The summed E-state index contributed by atoms with van der Waals surface area (Å²) in [5, 5.41) is 10.2. The first kappa shape index (κ1) is 18.7. The fraction of sp³-hybridized carbons (Fsp3) is 0.520. The molecule has 7 rings (SSSR count). The second-order valence-electron chi connectivity index (χ2n) is 10.2. The van der Waals surface area contributed by atoms with E-state index in [-0.39, 0.29) is 11.9 Å². The van der Waals surface area contributed by atoms with Crippen molar-refractivity contribution in [2.75, 3.05) is 36.5 Å². The van der Waals surface area contributed by atoms with Crippen LogP contribution < -0.4 is 25.6 Å². The van der Waals surface area contributed by atoms with Crippen molar-refractivity contribution in [1.82, 2.24) is 15.6 Å². The molecule has 1 aliphatic carbocycles. The Morgan fingerprint density at radius 1 is 1.19 bits per heavy atom. The zero-order chi connectivity index (χ0) is 21.2. The van der Waals surface area contributed by atoms with Crippen LogP contribution in [-0.2, 0) is 6.42 Å². The average molecular weight is 432 g/mol. The molecule has 2 unspecified atom stereocenters. The highest BCUT2D eigenvalue weighted by molar-refractivity contribution is 5.94. The lowest BCUT2D eigenvalue weighted by Crippen LogP contribution is -2.51. The Hall–Kier alpha value is -2.80. The highest BCUT2D eigenvalue weighted by Gasteiger charge is 2.43. The van der Waals surface area contributed by atoms with Gasteiger partial charge in [0.1, 0.15) is 18.2 Å². The summed E-state index contributed by atoms with van der Waals surface area (Å²) >= 11 is 0. The van der Waals surface area contributed by atoms with Gasteiger partial charge < -0.3 is 25.6 Å². The predicted molar refractivity (Wildman–Crippen MR) is 123 cm³/mol. The molecule has 2 aromatic rings.